The number of hydrogen-bond acceptors (Lipinski definition) is 5. The molecule has 11 atom stereocenters. The maximum Gasteiger partial charge on any atom is 0.138 e. The Hall–Kier alpha value is -0.490. The molecule has 1 heterocycles. The normalized spacial score (nSPS) is 55.9. The zero-order chi connectivity index (χ0) is 26.0. The van der Waals surface area contributed by atoms with Gasteiger partial charge in [0.1, 0.15) is 11.9 Å². The van der Waals surface area contributed by atoms with E-state index in [1.807, 2.05) is 0 Å². The molecule has 11 unspecified atom stereocenters. The van der Waals surface area contributed by atoms with Crippen molar-refractivity contribution in [2.75, 3.05) is 0 Å². The lowest BCUT2D eigenvalue weighted by Gasteiger charge is -2.69. The highest BCUT2D eigenvalue weighted by atomic mass is 16.5. The highest BCUT2D eigenvalue weighted by Crippen LogP contribution is 2.75. The molecule has 5 rings (SSSR count). The summed E-state index contributed by atoms with van der Waals surface area (Å²) >= 11 is 0. The molecule has 5 heteroatoms. The van der Waals surface area contributed by atoms with Crippen LogP contribution in [0, 0.1) is 45.3 Å². The summed E-state index contributed by atoms with van der Waals surface area (Å²) in [6.45, 7) is 17.2. The Bertz CT molecular complexity index is 892. The van der Waals surface area contributed by atoms with Gasteiger partial charge in [-0.1, -0.05) is 34.6 Å². The molecule has 5 nitrogen and oxygen atoms in total. The van der Waals surface area contributed by atoms with Gasteiger partial charge in [-0.3, -0.25) is 4.79 Å². The molecule has 1 aliphatic heterocycles. The molecule has 0 spiro atoms. The Morgan fingerprint density at radius 2 is 1.51 bits per heavy atom. The van der Waals surface area contributed by atoms with Crippen LogP contribution in [0.15, 0.2) is 0 Å². The second-order valence-corrected chi connectivity index (χ2v) is 15.4. The van der Waals surface area contributed by atoms with E-state index in [1.54, 1.807) is 13.8 Å². The molecule has 0 aromatic rings. The first kappa shape index (κ1) is 26.1. The number of rotatable bonds is 2. The van der Waals surface area contributed by atoms with Crippen molar-refractivity contribution in [3.8, 4) is 0 Å². The van der Waals surface area contributed by atoms with E-state index < -0.39 is 29.5 Å². The Kier molecular flexibility index (Phi) is 5.63. The van der Waals surface area contributed by atoms with Crippen LogP contribution in [0.2, 0.25) is 0 Å². The number of aliphatic hydroxyl groups excluding tert-OH is 2. The van der Waals surface area contributed by atoms with Gasteiger partial charge in [0.25, 0.3) is 0 Å². The third kappa shape index (κ3) is 3.29. The van der Waals surface area contributed by atoms with Gasteiger partial charge in [0, 0.05) is 18.3 Å². The van der Waals surface area contributed by atoms with Crippen molar-refractivity contribution >= 4 is 5.78 Å². The molecule has 0 aromatic carbocycles. The number of Topliss-reactive ketones (excluding diaryl/α,β-unsaturated/α-hetero) is 1. The van der Waals surface area contributed by atoms with Crippen molar-refractivity contribution in [1.29, 1.82) is 0 Å². The van der Waals surface area contributed by atoms with Crippen LogP contribution in [0.25, 0.3) is 0 Å². The molecule has 0 radical (unpaired) electrons. The van der Waals surface area contributed by atoms with Crippen molar-refractivity contribution in [3.05, 3.63) is 0 Å². The van der Waals surface area contributed by atoms with Gasteiger partial charge in [0.15, 0.2) is 0 Å². The minimum absolute atomic E-state index is 0.0241. The Morgan fingerprint density at radius 3 is 2.11 bits per heavy atom. The van der Waals surface area contributed by atoms with E-state index in [1.165, 1.54) is 0 Å². The van der Waals surface area contributed by atoms with Crippen LogP contribution in [-0.4, -0.2) is 50.6 Å². The lowest BCUT2D eigenvalue weighted by Crippen LogP contribution is -2.66. The lowest BCUT2D eigenvalue weighted by atomic mass is 9.35. The van der Waals surface area contributed by atoms with Gasteiger partial charge >= 0.3 is 0 Å². The fourth-order valence-electron chi connectivity index (χ4n) is 11.0. The number of aliphatic hydroxyl groups is 3. The number of ether oxygens (including phenoxy) is 1. The maximum absolute atomic E-state index is 12.9. The van der Waals surface area contributed by atoms with Crippen LogP contribution in [0.4, 0.5) is 0 Å². The number of carbonyl (C=O) groups excluding carboxylic acids is 1. The molecule has 4 saturated carbocycles. The highest BCUT2D eigenvalue weighted by molar-refractivity contribution is 5.85. The molecule has 3 N–H and O–H groups in total. The van der Waals surface area contributed by atoms with Gasteiger partial charge in [0.2, 0.25) is 0 Å². The number of hydrogen-bond donors (Lipinski definition) is 3. The minimum Gasteiger partial charge on any atom is -0.393 e. The molecular weight excluding hydrogens is 440 g/mol. The number of fused-ring (bicyclic) bond motifs is 5. The second-order valence-electron chi connectivity index (χ2n) is 15.4. The fourth-order valence-corrected chi connectivity index (χ4v) is 11.0. The summed E-state index contributed by atoms with van der Waals surface area (Å²) in [6.07, 6.45) is 5.38. The van der Waals surface area contributed by atoms with Crippen LogP contribution in [0.1, 0.15) is 107 Å². The SMILES string of the molecule is CC(C)(O)C1OC(C)(C2CCC3(C)C2C(O)CC2C4(C)CCC(=O)C(C)(C)C4CCC23C)CC1O. The van der Waals surface area contributed by atoms with E-state index in [0.29, 0.717) is 30.5 Å². The standard InChI is InChI=1S/C30H50O5/c1-25(2)20-10-14-28(6)21(27(20,5)12-11-22(25)33)15-18(31)23-17(9-13-29(23,28)7)30(8)16-19(32)24(35-30)26(3,4)34/h17-21,23-24,31-32,34H,9-16H2,1-8H3. The average molecular weight is 491 g/mol. The van der Waals surface area contributed by atoms with Crippen LogP contribution in [0.3, 0.4) is 0 Å². The summed E-state index contributed by atoms with van der Waals surface area (Å²) in [6, 6.07) is 0. The van der Waals surface area contributed by atoms with Crippen molar-refractivity contribution < 1.29 is 24.9 Å². The van der Waals surface area contributed by atoms with E-state index in [0.717, 1.165) is 38.5 Å². The predicted molar refractivity (Wildman–Crippen MR) is 136 cm³/mol. The smallest absolute Gasteiger partial charge is 0.138 e. The summed E-state index contributed by atoms with van der Waals surface area (Å²) in [4.78, 5) is 12.9. The molecule has 0 bridgehead atoms. The summed E-state index contributed by atoms with van der Waals surface area (Å²) in [7, 11) is 0. The van der Waals surface area contributed by atoms with E-state index in [2.05, 4.69) is 41.5 Å². The Labute approximate surface area is 212 Å². The Balaban J connectivity index is 1.49. The monoisotopic (exact) mass is 490 g/mol. The molecule has 5 fully saturated rings. The first-order chi connectivity index (χ1) is 15.9. The van der Waals surface area contributed by atoms with Crippen LogP contribution in [0.5, 0.6) is 0 Å². The topological polar surface area (TPSA) is 87.0 Å². The van der Waals surface area contributed by atoms with Crippen molar-refractivity contribution in [1.82, 2.24) is 0 Å². The summed E-state index contributed by atoms with van der Waals surface area (Å²) in [5, 5.41) is 33.4. The average Bonchev–Trinajstić information content (AvgIpc) is 3.26. The highest BCUT2D eigenvalue weighted by Gasteiger charge is 2.72. The summed E-state index contributed by atoms with van der Waals surface area (Å²) in [5.74, 6) is 1.44. The third-order valence-electron chi connectivity index (χ3n) is 13.0. The molecule has 1 saturated heterocycles. The van der Waals surface area contributed by atoms with E-state index >= 15 is 0 Å². The van der Waals surface area contributed by atoms with E-state index in [-0.39, 0.29) is 33.5 Å². The largest absolute Gasteiger partial charge is 0.393 e. The zero-order valence-corrected chi connectivity index (χ0v) is 23.4. The Morgan fingerprint density at radius 1 is 0.886 bits per heavy atom. The predicted octanol–water partition coefficient (Wildman–Crippen LogP) is 4.89. The first-order valence-electron chi connectivity index (χ1n) is 14.2. The van der Waals surface area contributed by atoms with Gasteiger partial charge < -0.3 is 20.1 Å². The quantitative estimate of drug-likeness (QED) is 0.513. The molecule has 0 aromatic heterocycles. The van der Waals surface area contributed by atoms with Crippen molar-refractivity contribution in [2.45, 2.75) is 136 Å². The molecule has 5 aliphatic rings. The van der Waals surface area contributed by atoms with Crippen LogP contribution in [-0.2, 0) is 9.53 Å². The van der Waals surface area contributed by atoms with Crippen LogP contribution >= 0.6 is 0 Å². The summed E-state index contributed by atoms with van der Waals surface area (Å²) in [5.41, 5.74) is -1.83. The van der Waals surface area contributed by atoms with Crippen molar-refractivity contribution in [2.24, 2.45) is 45.3 Å². The molecule has 35 heavy (non-hydrogen) atoms. The first-order valence-corrected chi connectivity index (χ1v) is 14.2. The fraction of sp³-hybridized carbons (Fsp3) is 0.967. The van der Waals surface area contributed by atoms with Gasteiger partial charge in [-0.05, 0) is 99.2 Å². The van der Waals surface area contributed by atoms with Gasteiger partial charge in [-0.15, -0.1) is 0 Å². The third-order valence-corrected chi connectivity index (χ3v) is 13.0. The van der Waals surface area contributed by atoms with Crippen LogP contribution < -0.4 is 0 Å². The zero-order valence-electron chi connectivity index (χ0n) is 23.4. The second kappa shape index (κ2) is 7.55. The number of carbonyl (C=O) groups is 1. The molecule has 0 amide bonds. The molecule has 4 aliphatic carbocycles. The van der Waals surface area contributed by atoms with Gasteiger partial charge in [-0.2, -0.15) is 0 Å². The lowest BCUT2D eigenvalue weighted by molar-refractivity contribution is -0.235. The maximum atomic E-state index is 12.9. The molecule has 200 valence electrons. The van der Waals surface area contributed by atoms with E-state index in [9.17, 15) is 20.1 Å². The van der Waals surface area contributed by atoms with Gasteiger partial charge in [-0.25, -0.2) is 0 Å². The number of ketones is 1. The molecular formula is C30H50O5. The minimum atomic E-state index is -1.11. The van der Waals surface area contributed by atoms with E-state index in [4.69, 9.17) is 4.74 Å². The van der Waals surface area contributed by atoms with Gasteiger partial charge in [0.05, 0.1) is 23.4 Å². The summed E-state index contributed by atoms with van der Waals surface area (Å²) < 4.78 is 6.52. The van der Waals surface area contributed by atoms with Crippen molar-refractivity contribution in [3.63, 3.8) is 0 Å².